The van der Waals surface area contributed by atoms with Gasteiger partial charge in [-0.1, -0.05) is 13.0 Å². The summed E-state index contributed by atoms with van der Waals surface area (Å²) in [7, 11) is 0. The highest BCUT2D eigenvalue weighted by Crippen LogP contribution is 2.37. The molecule has 0 saturated heterocycles. The van der Waals surface area contributed by atoms with E-state index in [1.807, 2.05) is 24.4 Å². The molecule has 2 heterocycles. The molecule has 1 N–H and O–H groups in total. The lowest BCUT2D eigenvalue weighted by Gasteiger charge is -2.07. The highest BCUT2D eigenvalue weighted by molar-refractivity contribution is 7.18. The molecule has 0 fully saturated rings. The van der Waals surface area contributed by atoms with Gasteiger partial charge >= 0.3 is 5.97 Å². The molecule has 0 amide bonds. The van der Waals surface area contributed by atoms with Gasteiger partial charge in [0.25, 0.3) is 0 Å². The molecule has 0 aliphatic carbocycles. The zero-order chi connectivity index (χ0) is 17.8. The van der Waals surface area contributed by atoms with E-state index in [4.69, 9.17) is 4.74 Å². The number of carboxylic acids is 1. The van der Waals surface area contributed by atoms with Gasteiger partial charge in [0.2, 0.25) is 0 Å². The molecule has 5 nitrogen and oxygen atoms in total. The fraction of sp³-hybridized carbons (Fsp3) is 0.167. The van der Waals surface area contributed by atoms with E-state index in [9.17, 15) is 15.2 Å². The molecule has 0 radical (unpaired) electrons. The zero-order valence-electron chi connectivity index (χ0n) is 13.4. The Hall–Kier alpha value is -2.69. The van der Waals surface area contributed by atoms with Crippen molar-refractivity contribution in [1.82, 2.24) is 4.98 Å². The number of nitrogens with zero attached hydrogens (tertiary/aromatic N) is 2. The summed E-state index contributed by atoms with van der Waals surface area (Å²) in [5.74, 6) is -0.475. The number of aromatic nitrogens is 1. The normalized spacial score (nSPS) is 10.4. The van der Waals surface area contributed by atoms with Gasteiger partial charge in [0.05, 0.1) is 17.0 Å². The van der Waals surface area contributed by atoms with Gasteiger partial charge in [-0.3, -0.25) is 0 Å². The Kier molecular flexibility index (Phi) is 5.12. The molecule has 0 saturated carbocycles. The standard InChI is InChI=1S/C18H14N2O3S2/c1-2-7-23-13-6-5-11(9-12(13)10-19)17-20-15(14-4-3-8-24-14)16(25-17)18(21)22/h3-6,8-9H,2,7H2,1H3,(H,21,22). The molecule has 0 aliphatic heterocycles. The van der Waals surface area contributed by atoms with Crippen LogP contribution in [-0.4, -0.2) is 22.7 Å². The summed E-state index contributed by atoms with van der Waals surface area (Å²) >= 11 is 2.55. The van der Waals surface area contributed by atoms with Crippen molar-refractivity contribution in [3.05, 3.63) is 46.2 Å². The number of carboxylic acid groups (broad SMARTS) is 1. The lowest BCUT2D eigenvalue weighted by molar-refractivity contribution is 0.0702. The van der Waals surface area contributed by atoms with Crippen LogP contribution in [0.3, 0.4) is 0 Å². The second kappa shape index (κ2) is 7.47. The fourth-order valence-electron chi connectivity index (χ4n) is 2.26. The third-order valence-electron chi connectivity index (χ3n) is 3.38. The monoisotopic (exact) mass is 370 g/mol. The number of hydrogen-bond acceptors (Lipinski definition) is 6. The van der Waals surface area contributed by atoms with E-state index in [2.05, 4.69) is 11.1 Å². The maximum atomic E-state index is 11.6. The maximum absolute atomic E-state index is 11.6. The molecule has 0 aliphatic rings. The van der Waals surface area contributed by atoms with Gasteiger partial charge in [-0.15, -0.1) is 22.7 Å². The van der Waals surface area contributed by atoms with E-state index in [1.54, 1.807) is 18.2 Å². The summed E-state index contributed by atoms with van der Waals surface area (Å²) in [5.41, 5.74) is 1.58. The number of hydrogen-bond donors (Lipinski definition) is 1. The molecule has 3 aromatic rings. The van der Waals surface area contributed by atoms with E-state index in [1.165, 1.54) is 11.3 Å². The highest BCUT2D eigenvalue weighted by atomic mass is 32.1. The van der Waals surface area contributed by atoms with Crippen molar-refractivity contribution in [2.24, 2.45) is 0 Å². The Balaban J connectivity index is 2.04. The first kappa shape index (κ1) is 17.1. The Morgan fingerprint density at radius 3 is 2.88 bits per heavy atom. The van der Waals surface area contributed by atoms with Crippen LogP contribution in [0.25, 0.3) is 21.1 Å². The smallest absolute Gasteiger partial charge is 0.348 e. The molecule has 0 atom stereocenters. The van der Waals surface area contributed by atoms with E-state index >= 15 is 0 Å². The largest absolute Gasteiger partial charge is 0.492 e. The number of ether oxygens (including phenoxy) is 1. The lowest BCUT2D eigenvalue weighted by atomic mass is 10.1. The highest BCUT2D eigenvalue weighted by Gasteiger charge is 2.20. The van der Waals surface area contributed by atoms with E-state index in [-0.39, 0.29) is 4.88 Å². The van der Waals surface area contributed by atoms with Crippen LogP contribution < -0.4 is 4.74 Å². The van der Waals surface area contributed by atoms with Crippen LogP contribution in [0.1, 0.15) is 28.6 Å². The van der Waals surface area contributed by atoms with Gasteiger partial charge in [0.1, 0.15) is 27.4 Å². The molecule has 2 aromatic heterocycles. The summed E-state index contributed by atoms with van der Waals surface area (Å²) in [6, 6.07) is 11.0. The van der Waals surface area contributed by atoms with Crippen molar-refractivity contribution in [2.75, 3.05) is 6.61 Å². The fourth-order valence-corrected chi connectivity index (χ4v) is 3.96. The van der Waals surface area contributed by atoms with Crippen molar-refractivity contribution in [1.29, 1.82) is 5.26 Å². The summed E-state index contributed by atoms with van der Waals surface area (Å²) in [5, 5.41) is 21.3. The molecule has 25 heavy (non-hydrogen) atoms. The second-order valence-corrected chi connectivity index (χ2v) is 7.10. The van der Waals surface area contributed by atoms with Gasteiger partial charge in [-0.05, 0) is 36.1 Å². The minimum Gasteiger partial charge on any atom is -0.492 e. The number of rotatable bonds is 6. The summed E-state index contributed by atoms with van der Waals surface area (Å²) in [6.07, 6.45) is 0.852. The molecule has 126 valence electrons. The van der Waals surface area contributed by atoms with Crippen LogP contribution >= 0.6 is 22.7 Å². The van der Waals surface area contributed by atoms with Gasteiger partial charge < -0.3 is 9.84 Å². The molecular formula is C18H14N2O3S2. The number of benzene rings is 1. The van der Waals surface area contributed by atoms with Crippen LogP contribution in [0.15, 0.2) is 35.7 Å². The number of carbonyl (C=O) groups is 1. The molecule has 0 bridgehead atoms. The topological polar surface area (TPSA) is 83.2 Å². The Bertz CT molecular complexity index is 940. The summed E-state index contributed by atoms with van der Waals surface area (Å²) in [4.78, 5) is 17.1. The van der Waals surface area contributed by atoms with Gasteiger partial charge in [0, 0.05) is 5.56 Å². The summed E-state index contributed by atoms with van der Waals surface area (Å²) in [6.45, 7) is 2.53. The molecule has 7 heteroatoms. The lowest BCUT2D eigenvalue weighted by Crippen LogP contribution is -1.97. The Morgan fingerprint density at radius 1 is 1.40 bits per heavy atom. The maximum Gasteiger partial charge on any atom is 0.348 e. The molecule has 0 unspecified atom stereocenters. The minimum absolute atomic E-state index is 0.197. The van der Waals surface area contributed by atoms with Gasteiger partial charge in [-0.2, -0.15) is 5.26 Å². The SMILES string of the molecule is CCCOc1ccc(-c2nc(-c3cccs3)c(C(=O)O)s2)cc1C#N. The van der Waals surface area contributed by atoms with Crippen molar-refractivity contribution in [3.8, 4) is 33.0 Å². The first-order valence-electron chi connectivity index (χ1n) is 7.59. The number of nitriles is 1. The average Bonchev–Trinajstić information content (AvgIpc) is 3.28. The van der Waals surface area contributed by atoms with Gasteiger partial charge in [-0.25, -0.2) is 9.78 Å². The molecule has 0 spiro atoms. The van der Waals surface area contributed by atoms with E-state index in [0.29, 0.717) is 34.2 Å². The number of aromatic carboxylic acids is 1. The Morgan fingerprint density at radius 2 is 2.24 bits per heavy atom. The van der Waals surface area contributed by atoms with Gasteiger partial charge in [0.15, 0.2) is 0 Å². The first-order chi connectivity index (χ1) is 12.1. The van der Waals surface area contributed by atoms with E-state index in [0.717, 1.165) is 22.6 Å². The van der Waals surface area contributed by atoms with Crippen molar-refractivity contribution in [2.45, 2.75) is 13.3 Å². The predicted molar refractivity (Wildman–Crippen MR) is 98.3 cm³/mol. The van der Waals surface area contributed by atoms with Crippen LogP contribution in [-0.2, 0) is 0 Å². The second-order valence-electron chi connectivity index (χ2n) is 5.15. The van der Waals surface area contributed by atoms with Crippen LogP contribution in [0, 0.1) is 11.3 Å². The number of thiazole rings is 1. The van der Waals surface area contributed by atoms with Crippen molar-refractivity contribution >= 4 is 28.6 Å². The van der Waals surface area contributed by atoms with Crippen LogP contribution in [0.2, 0.25) is 0 Å². The minimum atomic E-state index is -1.00. The first-order valence-corrected chi connectivity index (χ1v) is 9.29. The summed E-state index contributed by atoms with van der Waals surface area (Å²) < 4.78 is 5.56. The quantitative estimate of drug-likeness (QED) is 0.667. The van der Waals surface area contributed by atoms with Crippen LogP contribution in [0.5, 0.6) is 5.75 Å². The average molecular weight is 370 g/mol. The third kappa shape index (κ3) is 3.55. The van der Waals surface area contributed by atoms with Crippen molar-refractivity contribution in [3.63, 3.8) is 0 Å². The molecular weight excluding hydrogens is 356 g/mol. The van der Waals surface area contributed by atoms with Crippen LogP contribution in [0.4, 0.5) is 0 Å². The molecule has 3 rings (SSSR count). The van der Waals surface area contributed by atoms with E-state index < -0.39 is 5.97 Å². The third-order valence-corrected chi connectivity index (χ3v) is 5.35. The van der Waals surface area contributed by atoms with Crippen molar-refractivity contribution < 1.29 is 14.6 Å². The zero-order valence-corrected chi connectivity index (χ0v) is 15.0. The number of thiophene rings is 1. The molecule has 1 aromatic carbocycles. The predicted octanol–water partition coefficient (Wildman–Crippen LogP) is 4.90. The Labute approximate surface area is 152 Å².